The third-order valence-electron chi connectivity index (χ3n) is 8.40. The summed E-state index contributed by atoms with van der Waals surface area (Å²) in [6.45, 7) is 12.1. The predicted molar refractivity (Wildman–Crippen MR) is 166 cm³/mol. The lowest BCUT2D eigenvalue weighted by molar-refractivity contribution is -0.114. The van der Waals surface area contributed by atoms with Gasteiger partial charge in [-0.15, -0.1) is 0 Å². The van der Waals surface area contributed by atoms with Gasteiger partial charge >= 0.3 is 0 Å². The highest BCUT2D eigenvalue weighted by atomic mass is 35.5. The Bertz CT molecular complexity index is 1420. The van der Waals surface area contributed by atoms with Crippen molar-refractivity contribution in [1.29, 1.82) is 0 Å². The van der Waals surface area contributed by atoms with Crippen LogP contribution in [0.4, 0.5) is 15.9 Å². The zero-order valence-corrected chi connectivity index (χ0v) is 25.4. The number of methoxy groups -OCH3 is 1. The number of nitrogens with zero attached hydrogens (tertiary/aromatic N) is 5. The van der Waals surface area contributed by atoms with E-state index in [1.54, 1.807) is 25.3 Å². The number of hydrogen-bond acceptors (Lipinski definition) is 8. The Morgan fingerprint density at radius 3 is 2.57 bits per heavy atom. The predicted octanol–water partition coefficient (Wildman–Crippen LogP) is 5.33. The molecule has 0 unspecified atom stereocenters. The molecule has 0 aliphatic carbocycles. The molecule has 0 saturated carbocycles. The second-order valence-electron chi connectivity index (χ2n) is 11.4. The molecule has 42 heavy (non-hydrogen) atoms. The number of ether oxygens (including phenoxy) is 1. The summed E-state index contributed by atoms with van der Waals surface area (Å²) < 4.78 is 19.2. The van der Waals surface area contributed by atoms with Gasteiger partial charge < -0.3 is 10.1 Å². The number of hydrogen-bond donors (Lipinski definition) is 1. The summed E-state index contributed by atoms with van der Waals surface area (Å²) in [4.78, 5) is 29.4. The van der Waals surface area contributed by atoms with E-state index in [-0.39, 0.29) is 17.2 Å². The molecule has 2 aliphatic rings. The van der Waals surface area contributed by atoms with Crippen LogP contribution < -0.4 is 10.1 Å². The number of allylic oxidation sites excluding steroid dienone is 1. The highest BCUT2D eigenvalue weighted by Crippen LogP contribution is 2.31. The number of carbonyl (C=O) groups excluding carboxylic acids is 1. The van der Waals surface area contributed by atoms with Crippen LogP contribution in [0.1, 0.15) is 32.3 Å². The van der Waals surface area contributed by atoms with E-state index in [0.717, 1.165) is 30.6 Å². The molecule has 0 atom stereocenters. The van der Waals surface area contributed by atoms with Gasteiger partial charge in [0.05, 0.1) is 17.6 Å². The first-order chi connectivity index (χ1) is 20.3. The molecule has 5 rings (SSSR count). The number of nitrogens with one attached hydrogen (secondary N) is 1. The minimum absolute atomic E-state index is 0.00207. The summed E-state index contributed by atoms with van der Waals surface area (Å²) in [7, 11) is 1.58. The van der Waals surface area contributed by atoms with Crippen LogP contribution in [0, 0.1) is 5.82 Å². The Kier molecular flexibility index (Phi) is 10.1. The maximum Gasteiger partial charge on any atom is 0.159 e. The van der Waals surface area contributed by atoms with Crippen molar-refractivity contribution < 1.29 is 13.9 Å². The monoisotopic (exact) mass is 594 g/mol. The topological polar surface area (TPSA) is 73.8 Å². The minimum Gasteiger partial charge on any atom is -0.496 e. The molecule has 2 saturated heterocycles. The molecule has 1 N–H and O–H groups in total. The Labute approximate surface area is 252 Å². The lowest BCUT2D eigenvalue weighted by Crippen LogP contribution is -2.54. The average molecular weight is 595 g/mol. The molecule has 0 bridgehead atoms. The number of anilines is 2. The van der Waals surface area contributed by atoms with Crippen LogP contribution in [-0.4, -0.2) is 95.5 Å². The van der Waals surface area contributed by atoms with Crippen LogP contribution in [-0.2, 0) is 11.2 Å². The van der Waals surface area contributed by atoms with Crippen molar-refractivity contribution >= 4 is 39.8 Å². The molecule has 0 radical (unpaired) electrons. The van der Waals surface area contributed by atoms with E-state index in [2.05, 4.69) is 43.8 Å². The second kappa shape index (κ2) is 13.9. The van der Waals surface area contributed by atoms with Crippen molar-refractivity contribution in [1.82, 2.24) is 24.7 Å². The van der Waals surface area contributed by atoms with Crippen molar-refractivity contribution in [3.05, 3.63) is 65.2 Å². The largest absolute Gasteiger partial charge is 0.496 e. The number of rotatable bonds is 10. The quantitative estimate of drug-likeness (QED) is 0.316. The van der Waals surface area contributed by atoms with Crippen molar-refractivity contribution in [3.63, 3.8) is 0 Å². The van der Waals surface area contributed by atoms with E-state index in [4.69, 9.17) is 16.3 Å². The van der Waals surface area contributed by atoms with Crippen LogP contribution in [0.2, 0.25) is 5.02 Å². The van der Waals surface area contributed by atoms with E-state index < -0.39 is 5.82 Å². The fourth-order valence-corrected chi connectivity index (χ4v) is 6.11. The zero-order chi connectivity index (χ0) is 29.6. The number of benzene rings is 2. The number of piperazine rings is 1. The molecule has 3 heterocycles. The van der Waals surface area contributed by atoms with E-state index in [9.17, 15) is 9.18 Å². The molecule has 3 aromatic rings. The van der Waals surface area contributed by atoms with E-state index >= 15 is 0 Å². The first-order valence-corrected chi connectivity index (χ1v) is 15.1. The molecule has 224 valence electrons. The van der Waals surface area contributed by atoms with Crippen molar-refractivity contribution in [2.24, 2.45) is 0 Å². The molecule has 2 aliphatic heterocycles. The Morgan fingerprint density at radius 1 is 1.12 bits per heavy atom. The van der Waals surface area contributed by atoms with Crippen LogP contribution in [0.3, 0.4) is 0 Å². The third-order valence-corrected chi connectivity index (χ3v) is 8.69. The molecule has 2 fully saturated rings. The van der Waals surface area contributed by atoms with Gasteiger partial charge in [-0.1, -0.05) is 17.7 Å². The fraction of sp³-hybridized carbons (Fsp3) is 0.469. The molecular weight excluding hydrogens is 555 g/mol. The highest BCUT2D eigenvalue weighted by molar-refractivity contribution is 6.31. The Balaban J connectivity index is 1.17. The molecule has 0 amide bonds. The smallest absolute Gasteiger partial charge is 0.159 e. The fourth-order valence-electron chi connectivity index (χ4n) is 5.93. The normalized spacial score (nSPS) is 17.9. The lowest BCUT2D eigenvalue weighted by Gasteiger charge is -2.43. The summed E-state index contributed by atoms with van der Waals surface area (Å²) in [5.41, 5.74) is 2.00. The zero-order valence-electron chi connectivity index (χ0n) is 24.7. The number of carbonyl (C=O) groups is 1. The minimum atomic E-state index is -0.492. The van der Waals surface area contributed by atoms with Gasteiger partial charge in [-0.05, 0) is 70.1 Å². The number of fused-ring (bicyclic) bond motifs is 1. The van der Waals surface area contributed by atoms with Gasteiger partial charge in [0.2, 0.25) is 0 Å². The summed E-state index contributed by atoms with van der Waals surface area (Å²) in [6, 6.07) is 9.36. The standard InChI is InChI=1S/C32H40ClFN6O2/c1-22(2)39-13-15-40(16-14-39)25-8-11-38(12-9-25)10-4-5-26(41)17-23-18-27-30(20-31(23)42-3)35-21-36-32(27)37-24-6-7-29(34)28(33)19-24/h4-7,18-22,25H,8-17H2,1-3H3,(H,35,36,37)/b5-4+. The van der Waals surface area contributed by atoms with Crippen molar-refractivity contribution in [3.8, 4) is 5.75 Å². The van der Waals surface area contributed by atoms with Gasteiger partial charge in [-0.3, -0.25) is 19.5 Å². The molecule has 10 heteroatoms. The van der Waals surface area contributed by atoms with Gasteiger partial charge in [0.1, 0.15) is 23.7 Å². The van der Waals surface area contributed by atoms with Gasteiger partial charge in [0.15, 0.2) is 5.78 Å². The Hall–Kier alpha value is -3.11. The highest BCUT2D eigenvalue weighted by Gasteiger charge is 2.27. The van der Waals surface area contributed by atoms with Crippen molar-refractivity contribution in [2.75, 3.05) is 58.2 Å². The summed E-state index contributed by atoms with van der Waals surface area (Å²) in [5.74, 6) is 0.630. The molecular formula is C32H40ClFN6O2. The number of piperidine rings is 1. The molecule has 8 nitrogen and oxygen atoms in total. The third kappa shape index (κ3) is 7.45. The number of aromatic nitrogens is 2. The molecule has 2 aromatic carbocycles. The van der Waals surface area contributed by atoms with Crippen LogP contribution in [0.25, 0.3) is 10.9 Å². The average Bonchev–Trinajstić information content (AvgIpc) is 2.99. The van der Waals surface area contributed by atoms with Gasteiger partial charge in [0, 0.05) is 73.9 Å². The molecule has 1 aromatic heterocycles. The summed E-state index contributed by atoms with van der Waals surface area (Å²) in [6.07, 6.45) is 7.66. The van der Waals surface area contributed by atoms with Crippen LogP contribution in [0.15, 0.2) is 48.8 Å². The van der Waals surface area contributed by atoms with E-state index in [1.165, 1.54) is 57.5 Å². The summed E-state index contributed by atoms with van der Waals surface area (Å²) >= 11 is 5.95. The second-order valence-corrected chi connectivity index (χ2v) is 11.8. The number of halogens is 2. The van der Waals surface area contributed by atoms with E-state index in [0.29, 0.717) is 34.9 Å². The maximum absolute atomic E-state index is 13.6. The van der Waals surface area contributed by atoms with Gasteiger partial charge in [-0.2, -0.15) is 0 Å². The van der Waals surface area contributed by atoms with Gasteiger partial charge in [-0.25, -0.2) is 14.4 Å². The SMILES string of the molecule is COc1cc2ncnc(Nc3ccc(F)c(Cl)c3)c2cc1CC(=O)/C=C/CN1CCC(N2CCN(C(C)C)CC2)CC1. The lowest BCUT2D eigenvalue weighted by atomic mass is 10.0. The summed E-state index contributed by atoms with van der Waals surface area (Å²) in [5, 5.41) is 3.92. The first-order valence-electron chi connectivity index (χ1n) is 14.7. The number of ketones is 1. The van der Waals surface area contributed by atoms with E-state index in [1.807, 2.05) is 12.1 Å². The Morgan fingerprint density at radius 2 is 1.88 bits per heavy atom. The van der Waals surface area contributed by atoms with Gasteiger partial charge in [0.25, 0.3) is 0 Å². The number of likely N-dealkylation sites (tertiary alicyclic amines) is 1. The molecule has 0 spiro atoms. The first kappa shape index (κ1) is 30.4. The maximum atomic E-state index is 13.6. The van der Waals surface area contributed by atoms with Crippen LogP contribution in [0.5, 0.6) is 5.75 Å². The van der Waals surface area contributed by atoms with Crippen LogP contribution >= 0.6 is 11.6 Å². The van der Waals surface area contributed by atoms with Crippen molar-refractivity contribution in [2.45, 2.75) is 45.2 Å².